The molecule has 0 amide bonds. The molecule has 0 fully saturated rings. The second-order valence-corrected chi connectivity index (χ2v) is 2.94. The summed E-state index contributed by atoms with van der Waals surface area (Å²) in [4.78, 5) is 10.9. The van der Waals surface area contributed by atoms with E-state index < -0.39 is 0 Å². The van der Waals surface area contributed by atoms with Crippen molar-refractivity contribution in [1.29, 1.82) is 0 Å². The summed E-state index contributed by atoms with van der Waals surface area (Å²) >= 11 is 0. The Bertz CT molecular complexity index is 451. The molecule has 16 heavy (non-hydrogen) atoms. The average molecular weight is 298 g/mol. The number of benzene rings is 1. The first-order valence-corrected chi connectivity index (χ1v) is 4.70. The van der Waals surface area contributed by atoms with Crippen LogP contribution < -0.4 is 0 Å². The SMILES string of the molecule is [Ru].c1ccc2[nH]cnc2c1.c1ccncc1. The molecule has 1 aromatic carbocycles. The van der Waals surface area contributed by atoms with Gasteiger partial charge in [-0.3, -0.25) is 4.98 Å². The van der Waals surface area contributed by atoms with Gasteiger partial charge in [0, 0.05) is 31.9 Å². The van der Waals surface area contributed by atoms with Gasteiger partial charge in [-0.1, -0.05) is 18.2 Å². The van der Waals surface area contributed by atoms with E-state index in [9.17, 15) is 0 Å². The number of pyridine rings is 1. The predicted octanol–water partition coefficient (Wildman–Crippen LogP) is 2.64. The van der Waals surface area contributed by atoms with E-state index >= 15 is 0 Å². The molecule has 0 saturated heterocycles. The standard InChI is InChI=1S/C7H6N2.C5H5N.Ru/c1-2-4-7-6(3-1)8-5-9-7;1-2-4-6-5-3-1;/h1-5H,(H,8,9);1-5H;. The van der Waals surface area contributed by atoms with Crippen LogP contribution in [0.1, 0.15) is 0 Å². The fourth-order valence-electron chi connectivity index (χ4n) is 1.19. The summed E-state index contributed by atoms with van der Waals surface area (Å²) in [5, 5.41) is 0. The predicted molar refractivity (Wildman–Crippen MR) is 60.3 cm³/mol. The number of fused-ring (bicyclic) bond motifs is 1. The number of para-hydroxylation sites is 2. The molecule has 3 nitrogen and oxygen atoms in total. The Labute approximate surface area is 107 Å². The van der Waals surface area contributed by atoms with Crippen molar-refractivity contribution in [3.8, 4) is 0 Å². The minimum absolute atomic E-state index is 0. The van der Waals surface area contributed by atoms with Crippen LogP contribution >= 0.6 is 0 Å². The summed E-state index contributed by atoms with van der Waals surface area (Å²) < 4.78 is 0. The van der Waals surface area contributed by atoms with Crippen molar-refractivity contribution in [2.24, 2.45) is 0 Å². The normalized spacial score (nSPS) is 8.75. The number of nitrogens with one attached hydrogen (secondary N) is 1. The maximum absolute atomic E-state index is 4.06. The van der Waals surface area contributed by atoms with Gasteiger partial charge in [-0.05, 0) is 24.3 Å². The van der Waals surface area contributed by atoms with Gasteiger partial charge in [-0.25, -0.2) is 4.98 Å². The van der Waals surface area contributed by atoms with Crippen LogP contribution in [-0.2, 0) is 19.5 Å². The van der Waals surface area contributed by atoms with Crippen molar-refractivity contribution < 1.29 is 19.5 Å². The molecule has 3 aromatic rings. The molecule has 2 aromatic heterocycles. The third-order valence-electron chi connectivity index (χ3n) is 1.89. The summed E-state index contributed by atoms with van der Waals surface area (Å²) in [5.74, 6) is 0. The molecule has 0 aliphatic heterocycles. The van der Waals surface area contributed by atoms with Gasteiger partial charge in [0.15, 0.2) is 0 Å². The molecule has 1 N–H and O–H groups in total. The average Bonchev–Trinajstić information content (AvgIpc) is 2.80. The van der Waals surface area contributed by atoms with E-state index in [-0.39, 0.29) is 19.5 Å². The molecule has 0 aliphatic rings. The van der Waals surface area contributed by atoms with Crippen LogP contribution in [0.2, 0.25) is 0 Å². The largest absolute Gasteiger partial charge is 0.345 e. The molecule has 0 radical (unpaired) electrons. The summed E-state index contributed by atoms with van der Waals surface area (Å²) in [5.41, 5.74) is 2.12. The van der Waals surface area contributed by atoms with Gasteiger partial charge in [0.05, 0.1) is 17.4 Å². The van der Waals surface area contributed by atoms with Crippen LogP contribution in [0, 0.1) is 0 Å². The number of aromatic amines is 1. The second-order valence-electron chi connectivity index (χ2n) is 2.94. The van der Waals surface area contributed by atoms with Crippen molar-refractivity contribution in [1.82, 2.24) is 15.0 Å². The number of nitrogens with zero attached hydrogens (tertiary/aromatic N) is 2. The van der Waals surface area contributed by atoms with Crippen LogP contribution in [0.15, 0.2) is 61.2 Å². The number of imidazole rings is 1. The van der Waals surface area contributed by atoms with E-state index in [2.05, 4.69) is 15.0 Å². The molecule has 82 valence electrons. The Morgan fingerprint density at radius 2 is 1.62 bits per heavy atom. The molecule has 4 heteroatoms. The van der Waals surface area contributed by atoms with E-state index in [0.717, 1.165) is 11.0 Å². The first-order chi connectivity index (χ1) is 7.47. The topological polar surface area (TPSA) is 41.6 Å². The van der Waals surface area contributed by atoms with E-state index in [1.165, 1.54) is 0 Å². The third kappa shape index (κ3) is 3.56. The van der Waals surface area contributed by atoms with Gasteiger partial charge in [0.2, 0.25) is 0 Å². The maximum Gasteiger partial charge on any atom is 0.0931 e. The molecule has 0 unspecified atom stereocenters. The van der Waals surface area contributed by atoms with Gasteiger partial charge in [-0.15, -0.1) is 0 Å². The summed E-state index contributed by atoms with van der Waals surface area (Å²) in [6, 6.07) is 13.7. The van der Waals surface area contributed by atoms with Gasteiger partial charge in [0.25, 0.3) is 0 Å². The van der Waals surface area contributed by atoms with Gasteiger partial charge < -0.3 is 4.98 Å². The quantitative estimate of drug-likeness (QED) is 0.648. The zero-order valence-corrected chi connectivity index (χ0v) is 10.3. The Morgan fingerprint density at radius 1 is 0.875 bits per heavy atom. The smallest absolute Gasteiger partial charge is 0.0931 e. The van der Waals surface area contributed by atoms with Gasteiger partial charge >= 0.3 is 0 Å². The van der Waals surface area contributed by atoms with Crippen LogP contribution in [0.3, 0.4) is 0 Å². The van der Waals surface area contributed by atoms with E-state index in [1.807, 2.05) is 42.5 Å². The number of hydrogen-bond acceptors (Lipinski definition) is 2. The zero-order valence-electron chi connectivity index (χ0n) is 8.52. The fraction of sp³-hybridized carbons (Fsp3) is 0. The molecular weight excluding hydrogens is 287 g/mol. The summed E-state index contributed by atoms with van der Waals surface area (Å²) in [6.45, 7) is 0. The molecule has 0 aliphatic carbocycles. The Balaban J connectivity index is 0.000000162. The molecule has 3 rings (SSSR count). The Kier molecular flexibility index (Phi) is 5.37. The third-order valence-corrected chi connectivity index (χ3v) is 1.89. The van der Waals surface area contributed by atoms with Crippen molar-refractivity contribution in [2.75, 3.05) is 0 Å². The van der Waals surface area contributed by atoms with Crippen LogP contribution in [0.4, 0.5) is 0 Å². The second kappa shape index (κ2) is 6.86. The van der Waals surface area contributed by atoms with Gasteiger partial charge in [0.1, 0.15) is 0 Å². The minimum Gasteiger partial charge on any atom is -0.345 e. The van der Waals surface area contributed by atoms with Crippen molar-refractivity contribution in [3.05, 3.63) is 61.2 Å². The minimum atomic E-state index is 0. The number of hydrogen-bond donors (Lipinski definition) is 1. The van der Waals surface area contributed by atoms with E-state index in [1.54, 1.807) is 18.7 Å². The van der Waals surface area contributed by atoms with Crippen LogP contribution in [0.25, 0.3) is 11.0 Å². The maximum atomic E-state index is 4.06. The van der Waals surface area contributed by atoms with Crippen molar-refractivity contribution in [3.63, 3.8) is 0 Å². The molecule has 0 atom stereocenters. The van der Waals surface area contributed by atoms with Crippen molar-refractivity contribution >= 4 is 11.0 Å². The molecule has 0 spiro atoms. The number of H-pyrrole nitrogens is 1. The van der Waals surface area contributed by atoms with Crippen LogP contribution in [-0.4, -0.2) is 15.0 Å². The van der Waals surface area contributed by atoms with Crippen LogP contribution in [0.5, 0.6) is 0 Å². The first-order valence-electron chi connectivity index (χ1n) is 4.70. The molecular formula is C12H11N3Ru. The number of rotatable bonds is 0. The summed E-state index contributed by atoms with van der Waals surface area (Å²) in [6.07, 6.45) is 5.20. The number of aromatic nitrogens is 3. The Morgan fingerprint density at radius 3 is 2.19 bits per heavy atom. The first kappa shape index (κ1) is 12.5. The fourth-order valence-corrected chi connectivity index (χ4v) is 1.19. The molecule has 0 saturated carbocycles. The Hall–Kier alpha value is -1.54. The zero-order chi connectivity index (χ0) is 10.3. The van der Waals surface area contributed by atoms with Crippen molar-refractivity contribution in [2.45, 2.75) is 0 Å². The van der Waals surface area contributed by atoms with Gasteiger partial charge in [-0.2, -0.15) is 0 Å². The summed E-state index contributed by atoms with van der Waals surface area (Å²) in [7, 11) is 0. The molecule has 0 bridgehead atoms. The van der Waals surface area contributed by atoms with E-state index in [0.29, 0.717) is 0 Å². The monoisotopic (exact) mass is 299 g/mol. The molecule has 2 heterocycles. The van der Waals surface area contributed by atoms with E-state index in [4.69, 9.17) is 0 Å².